The highest BCUT2D eigenvalue weighted by atomic mass is 35.5. The summed E-state index contributed by atoms with van der Waals surface area (Å²) >= 11 is 5.94. The summed E-state index contributed by atoms with van der Waals surface area (Å²) in [5, 5.41) is 14.9. The van der Waals surface area contributed by atoms with Crippen molar-refractivity contribution in [1.82, 2.24) is 10.2 Å². The summed E-state index contributed by atoms with van der Waals surface area (Å²) in [6.07, 6.45) is 2.15. The largest absolute Gasteiger partial charge is 0.317 e. The van der Waals surface area contributed by atoms with E-state index in [1.54, 1.807) is 12.1 Å². The van der Waals surface area contributed by atoms with E-state index in [1.165, 1.54) is 6.07 Å². The van der Waals surface area contributed by atoms with E-state index in [0.717, 1.165) is 25.9 Å². The van der Waals surface area contributed by atoms with Gasteiger partial charge in [-0.25, -0.2) is 0 Å². The van der Waals surface area contributed by atoms with E-state index in [2.05, 4.69) is 10.2 Å². The molecule has 1 saturated heterocycles. The Morgan fingerprint density at radius 2 is 2.10 bits per heavy atom. The molecule has 112 valence electrons. The Kier molecular flexibility index (Phi) is 6.68. The van der Waals surface area contributed by atoms with Crippen LogP contribution in [0.15, 0.2) is 18.2 Å². The molecule has 0 amide bonds. The fourth-order valence-electron chi connectivity index (χ4n) is 2.50. The van der Waals surface area contributed by atoms with Crippen LogP contribution in [0.3, 0.4) is 0 Å². The number of hydrogen-bond acceptors (Lipinski definition) is 4. The molecule has 2 rings (SSSR count). The van der Waals surface area contributed by atoms with Crippen molar-refractivity contribution < 1.29 is 4.92 Å². The molecule has 20 heavy (non-hydrogen) atoms. The van der Waals surface area contributed by atoms with Gasteiger partial charge in [0.2, 0.25) is 0 Å². The molecule has 5 nitrogen and oxygen atoms in total. The Balaban J connectivity index is 0.00000200. The quantitative estimate of drug-likeness (QED) is 0.684. The maximum absolute atomic E-state index is 11.0. The van der Waals surface area contributed by atoms with Crippen LogP contribution in [0, 0.1) is 10.1 Å². The zero-order chi connectivity index (χ0) is 13.8. The van der Waals surface area contributed by atoms with Gasteiger partial charge >= 0.3 is 0 Å². The maximum Gasteiger partial charge on any atom is 0.273 e. The molecule has 1 fully saturated rings. The van der Waals surface area contributed by atoms with Gasteiger partial charge in [-0.05, 0) is 45.1 Å². The van der Waals surface area contributed by atoms with Gasteiger partial charge in [0.15, 0.2) is 0 Å². The van der Waals surface area contributed by atoms with E-state index in [0.29, 0.717) is 23.2 Å². The van der Waals surface area contributed by atoms with Gasteiger partial charge in [0.1, 0.15) is 0 Å². The molecule has 1 aliphatic heterocycles. The molecule has 0 spiro atoms. The van der Waals surface area contributed by atoms with Gasteiger partial charge in [0.25, 0.3) is 5.69 Å². The van der Waals surface area contributed by atoms with Crippen molar-refractivity contribution in [2.75, 3.05) is 20.1 Å². The van der Waals surface area contributed by atoms with Crippen LogP contribution in [0.5, 0.6) is 0 Å². The Morgan fingerprint density at radius 1 is 1.45 bits per heavy atom. The standard InChI is InChI=1S/C13H18ClN3O2.ClH/c1-16(12-4-6-15-7-5-12)9-10-8-11(14)2-3-13(10)17(18)19;/h2-3,8,12,15H,4-7,9H2,1H3;1H. The lowest BCUT2D eigenvalue weighted by atomic mass is 10.0. The molecule has 1 aromatic rings. The third kappa shape index (κ3) is 4.31. The lowest BCUT2D eigenvalue weighted by molar-refractivity contribution is -0.385. The maximum atomic E-state index is 11.0. The smallest absolute Gasteiger partial charge is 0.273 e. The summed E-state index contributed by atoms with van der Waals surface area (Å²) in [4.78, 5) is 12.9. The van der Waals surface area contributed by atoms with E-state index in [4.69, 9.17) is 11.6 Å². The first-order valence-electron chi connectivity index (χ1n) is 6.41. The number of hydrogen-bond donors (Lipinski definition) is 1. The molecule has 1 aromatic carbocycles. The van der Waals surface area contributed by atoms with E-state index >= 15 is 0 Å². The Morgan fingerprint density at radius 3 is 2.70 bits per heavy atom. The van der Waals surface area contributed by atoms with Crippen LogP contribution < -0.4 is 5.32 Å². The minimum atomic E-state index is -0.345. The zero-order valence-electron chi connectivity index (χ0n) is 11.3. The third-order valence-corrected chi connectivity index (χ3v) is 3.83. The van der Waals surface area contributed by atoms with E-state index in [1.807, 2.05) is 7.05 Å². The highest BCUT2D eigenvalue weighted by Gasteiger charge is 2.21. The predicted octanol–water partition coefficient (Wildman–Crippen LogP) is 2.85. The average Bonchev–Trinajstić information content (AvgIpc) is 2.39. The summed E-state index contributed by atoms with van der Waals surface area (Å²) in [6.45, 7) is 2.57. The molecule has 1 heterocycles. The van der Waals surface area contributed by atoms with Gasteiger partial charge in [-0.2, -0.15) is 0 Å². The zero-order valence-corrected chi connectivity index (χ0v) is 12.9. The van der Waals surface area contributed by atoms with Gasteiger partial charge < -0.3 is 5.32 Å². The van der Waals surface area contributed by atoms with Gasteiger partial charge in [-0.3, -0.25) is 15.0 Å². The molecule has 0 bridgehead atoms. The van der Waals surface area contributed by atoms with Crippen molar-refractivity contribution >= 4 is 29.7 Å². The first kappa shape index (κ1) is 17.2. The van der Waals surface area contributed by atoms with Crippen LogP contribution >= 0.6 is 24.0 Å². The normalized spacial score (nSPS) is 15.9. The lowest BCUT2D eigenvalue weighted by Gasteiger charge is -2.31. The molecule has 0 aromatic heterocycles. The van der Waals surface area contributed by atoms with Gasteiger partial charge in [0.05, 0.1) is 4.92 Å². The molecule has 0 saturated carbocycles. The van der Waals surface area contributed by atoms with Crippen LogP contribution in [0.2, 0.25) is 5.02 Å². The van der Waals surface area contributed by atoms with E-state index in [-0.39, 0.29) is 23.0 Å². The van der Waals surface area contributed by atoms with Crippen molar-refractivity contribution in [3.63, 3.8) is 0 Å². The first-order chi connectivity index (χ1) is 9.08. The molecular weight excluding hydrogens is 301 g/mol. The highest BCUT2D eigenvalue weighted by molar-refractivity contribution is 6.30. The summed E-state index contributed by atoms with van der Waals surface area (Å²) < 4.78 is 0. The number of piperidine rings is 1. The number of benzene rings is 1. The number of nitrogens with one attached hydrogen (secondary N) is 1. The van der Waals surface area contributed by atoms with Crippen molar-refractivity contribution in [2.45, 2.75) is 25.4 Å². The van der Waals surface area contributed by atoms with E-state index < -0.39 is 0 Å². The Bertz CT molecular complexity index is 465. The van der Waals surface area contributed by atoms with Crippen molar-refractivity contribution in [2.24, 2.45) is 0 Å². The predicted molar refractivity (Wildman–Crippen MR) is 82.7 cm³/mol. The van der Waals surface area contributed by atoms with E-state index in [9.17, 15) is 10.1 Å². The first-order valence-corrected chi connectivity index (χ1v) is 6.79. The van der Waals surface area contributed by atoms with Gasteiger partial charge in [-0.1, -0.05) is 11.6 Å². The highest BCUT2D eigenvalue weighted by Crippen LogP contribution is 2.25. The third-order valence-electron chi connectivity index (χ3n) is 3.59. The summed E-state index contributed by atoms with van der Waals surface area (Å²) in [5.41, 5.74) is 0.823. The Labute approximate surface area is 129 Å². The minimum Gasteiger partial charge on any atom is -0.317 e. The summed E-state index contributed by atoms with van der Waals surface area (Å²) in [5.74, 6) is 0. The number of halogens is 2. The van der Waals surface area contributed by atoms with Crippen LogP contribution in [-0.2, 0) is 6.54 Å². The van der Waals surface area contributed by atoms with Crippen LogP contribution in [0.4, 0.5) is 5.69 Å². The summed E-state index contributed by atoms with van der Waals surface area (Å²) in [6, 6.07) is 5.21. The fourth-order valence-corrected chi connectivity index (χ4v) is 2.70. The number of nitro groups is 1. The molecule has 7 heteroatoms. The molecule has 1 N–H and O–H groups in total. The molecule has 1 aliphatic rings. The fraction of sp³-hybridized carbons (Fsp3) is 0.538. The summed E-state index contributed by atoms with van der Waals surface area (Å²) in [7, 11) is 2.01. The molecule has 0 aliphatic carbocycles. The topological polar surface area (TPSA) is 58.4 Å². The van der Waals surface area contributed by atoms with Crippen molar-refractivity contribution in [3.8, 4) is 0 Å². The SMILES string of the molecule is CN(Cc1cc(Cl)ccc1[N+](=O)[O-])C1CCNCC1.Cl. The lowest BCUT2D eigenvalue weighted by Crippen LogP contribution is -2.40. The molecule has 0 atom stereocenters. The van der Waals surface area contributed by atoms with Crippen LogP contribution in [0.25, 0.3) is 0 Å². The Hall–Kier alpha value is -0.880. The van der Waals surface area contributed by atoms with Crippen molar-refractivity contribution in [3.05, 3.63) is 38.9 Å². The van der Waals surface area contributed by atoms with Crippen LogP contribution in [0.1, 0.15) is 18.4 Å². The number of rotatable bonds is 4. The molecule has 0 radical (unpaired) electrons. The second-order valence-electron chi connectivity index (χ2n) is 4.93. The molecular formula is C13H19Cl2N3O2. The van der Waals surface area contributed by atoms with Gasteiger partial charge in [-0.15, -0.1) is 12.4 Å². The molecule has 0 unspecified atom stereocenters. The van der Waals surface area contributed by atoms with Crippen LogP contribution in [-0.4, -0.2) is 36.0 Å². The van der Waals surface area contributed by atoms with Crippen molar-refractivity contribution in [1.29, 1.82) is 0 Å². The second kappa shape index (κ2) is 7.78. The monoisotopic (exact) mass is 319 g/mol. The number of nitro benzene ring substituents is 1. The minimum absolute atomic E-state index is 0. The second-order valence-corrected chi connectivity index (χ2v) is 5.36. The average molecular weight is 320 g/mol. The van der Waals surface area contributed by atoms with Gasteiger partial charge in [0, 0.05) is 29.2 Å². The number of nitrogens with zero attached hydrogens (tertiary/aromatic N) is 2.